The van der Waals surface area contributed by atoms with E-state index >= 15 is 0 Å². The number of benzene rings is 1. The number of ketones is 1. The number of aromatic amines is 1. The van der Waals surface area contributed by atoms with E-state index in [1.54, 1.807) is 6.20 Å². The lowest BCUT2D eigenvalue weighted by Crippen LogP contribution is -2.28. The summed E-state index contributed by atoms with van der Waals surface area (Å²) in [6, 6.07) is 5.62. The van der Waals surface area contributed by atoms with Gasteiger partial charge in [0.1, 0.15) is 0 Å². The molecule has 1 atom stereocenters. The molecule has 1 heterocycles. The number of carbonyl (C=O) groups is 1. The zero-order valence-electron chi connectivity index (χ0n) is 12.1. The smallest absolute Gasteiger partial charge is 0.169 e. The number of carbonyl (C=O) groups excluding carboxylic acids is 1. The molecule has 0 spiro atoms. The molecule has 0 aliphatic rings. The molecule has 0 bridgehead atoms. The van der Waals surface area contributed by atoms with Crippen molar-refractivity contribution in [2.45, 2.75) is 39.5 Å². The van der Waals surface area contributed by atoms with E-state index < -0.39 is 5.41 Å². The number of fused-ring (bicyclic) bond motifs is 1. The number of nitrogens with zero attached hydrogens (tertiary/aromatic N) is 1. The van der Waals surface area contributed by atoms with Crippen LogP contribution in [0.1, 0.15) is 49.9 Å². The van der Waals surface area contributed by atoms with E-state index in [1.807, 2.05) is 25.1 Å². The van der Waals surface area contributed by atoms with Crippen molar-refractivity contribution in [1.29, 1.82) is 5.41 Å². The second-order valence-electron chi connectivity index (χ2n) is 5.57. The highest BCUT2D eigenvalue weighted by Gasteiger charge is 2.32. The zero-order chi connectivity index (χ0) is 14.6. The van der Waals surface area contributed by atoms with Gasteiger partial charge in [-0.3, -0.25) is 9.89 Å². The Morgan fingerprint density at radius 2 is 2.30 bits per heavy atom. The minimum Gasteiger partial charge on any atom is -0.313 e. The molecular formula is C16H21N3O. The Hall–Kier alpha value is -1.97. The predicted molar refractivity (Wildman–Crippen MR) is 81.5 cm³/mol. The third-order valence-corrected chi connectivity index (χ3v) is 3.89. The molecule has 0 aliphatic heterocycles. The molecule has 1 aromatic carbocycles. The highest BCUT2D eigenvalue weighted by atomic mass is 16.1. The van der Waals surface area contributed by atoms with Gasteiger partial charge < -0.3 is 5.41 Å². The third-order valence-electron chi connectivity index (χ3n) is 3.89. The fraction of sp³-hybridized carbons (Fsp3) is 0.438. The second-order valence-corrected chi connectivity index (χ2v) is 5.57. The minimum absolute atomic E-state index is 0.123. The van der Waals surface area contributed by atoms with Gasteiger partial charge in [0.2, 0.25) is 0 Å². The molecule has 0 radical (unpaired) electrons. The third kappa shape index (κ3) is 2.79. The average molecular weight is 271 g/mol. The maximum absolute atomic E-state index is 12.8. The number of rotatable bonds is 7. The molecule has 0 saturated heterocycles. The summed E-state index contributed by atoms with van der Waals surface area (Å²) in [4.78, 5) is 12.8. The monoisotopic (exact) mass is 271 g/mol. The lowest BCUT2D eigenvalue weighted by molar-refractivity contribution is 0.0809. The van der Waals surface area contributed by atoms with Gasteiger partial charge in [-0.1, -0.05) is 26.7 Å². The Bertz CT molecular complexity index is 617. The van der Waals surface area contributed by atoms with Crippen molar-refractivity contribution in [1.82, 2.24) is 10.2 Å². The quantitative estimate of drug-likeness (QED) is 0.590. The van der Waals surface area contributed by atoms with Crippen LogP contribution < -0.4 is 0 Å². The van der Waals surface area contributed by atoms with Crippen molar-refractivity contribution < 1.29 is 4.79 Å². The van der Waals surface area contributed by atoms with Crippen molar-refractivity contribution in [2.24, 2.45) is 5.41 Å². The summed E-state index contributed by atoms with van der Waals surface area (Å²) < 4.78 is 0. The van der Waals surface area contributed by atoms with Crippen LogP contribution in [0.25, 0.3) is 10.9 Å². The first-order valence-electron chi connectivity index (χ1n) is 7.07. The Morgan fingerprint density at radius 1 is 1.50 bits per heavy atom. The Balaban J connectivity index is 2.32. The summed E-state index contributed by atoms with van der Waals surface area (Å²) in [5.41, 5.74) is 1.16. The molecule has 4 nitrogen and oxygen atoms in total. The van der Waals surface area contributed by atoms with E-state index in [-0.39, 0.29) is 5.78 Å². The first-order chi connectivity index (χ1) is 9.60. The van der Waals surface area contributed by atoms with Crippen LogP contribution >= 0.6 is 0 Å². The molecular weight excluding hydrogens is 250 g/mol. The normalized spacial score (nSPS) is 14.1. The summed E-state index contributed by atoms with van der Waals surface area (Å²) in [5.74, 6) is 0.123. The predicted octanol–water partition coefficient (Wildman–Crippen LogP) is 3.98. The molecule has 0 amide bonds. The maximum Gasteiger partial charge on any atom is 0.169 e. The number of Topliss-reactive ketones (excluding diaryl/α,β-unsaturated/α-hetero) is 1. The van der Waals surface area contributed by atoms with Gasteiger partial charge in [0.05, 0.1) is 11.7 Å². The summed E-state index contributed by atoms with van der Waals surface area (Å²) in [5, 5.41) is 15.2. The molecule has 2 N–H and O–H groups in total. The van der Waals surface area contributed by atoms with E-state index in [2.05, 4.69) is 17.1 Å². The van der Waals surface area contributed by atoms with Gasteiger partial charge in [0.25, 0.3) is 0 Å². The number of aromatic nitrogens is 2. The van der Waals surface area contributed by atoms with Gasteiger partial charge in [0, 0.05) is 16.4 Å². The van der Waals surface area contributed by atoms with Crippen LogP contribution in [0.15, 0.2) is 24.4 Å². The van der Waals surface area contributed by atoms with Crippen molar-refractivity contribution in [3.05, 3.63) is 30.0 Å². The molecule has 0 fully saturated rings. The molecule has 106 valence electrons. The van der Waals surface area contributed by atoms with Crippen LogP contribution in [0.2, 0.25) is 0 Å². The first-order valence-corrected chi connectivity index (χ1v) is 7.07. The highest BCUT2D eigenvalue weighted by Crippen LogP contribution is 2.32. The summed E-state index contributed by atoms with van der Waals surface area (Å²) in [6.45, 7) is 4.09. The molecule has 1 aromatic heterocycles. The molecule has 20 heavy (non-hydrogen) atoms. The van der Waals surface area contributed by atoms with Crippen LogP contribution in [-0.2, 0) is 0 Å². The van der Waals surface area contributed by atoms with Crippen LogP contribution in [0, 0.1) is 10.8 Å². The summed E-state index contributed by atoms with van der Waals surface area (Å²) in [7, 11) is 0. The van der Waals surface area contributed by atoms with E-state index in [9.17, 15) is 4.79 Å². The zero-order valence-corrected chi connectivity index (χ0v) is 12.1. The van der Waals surface area contributed by atoms with Crippen molar-refractivity contribution in [3.63, 3.8) is 0 Å². The maximum atomic E-state index is 12.8. The van der Waals surface area contributed by atoms with Crippen LogP contribution in [0.3, 0.4) is 0 Å². The number of unbranched alkanes of at least 4 members (excludes halogenated alkanes) is 1. The SMILES string of the molecule is CCCC[C@@](C)(CC=N)C(=O)c1ccc2[nH]ncc2c1. The van der Waals surface area contributed by atoms with Gasteiger partial charge in [-0.15, -0.1) is 0 Å². The van der Waals surface area contributed by atoms with Gasteiger partial charge >= 0.3 is 0 Å². The van der Waals surface area contributed by atoms with Crippen molar-refractivity contribution >= 4 is 22.9 Å². The van der Waals surface area contributed by atoms with Crippen LogP contribution in [0.4, 0.5) is 0 Å². The van der Waals surface area contributed by atoms with Crippen molar-refractivity contribution in [2.75, 3.05) is 0 Å². The molecule has 2 rings (SSSR count). The van der Waals surface area contributed by atoms with E-state index in [0.29, 0.717) is 12.0 Å². The molecule has 0 saturated carbocycles. The average Bonchev–Trinajstić information content (AvgIpc) is 2.92. The number of H-pyrrole nitrogens is 1. The van der Waals surface area contributed by atoms with Crippen LogP contribution in [-0.4, -0.2) is 22.2 Å². The fourth-order valence-corrected chi connectivity index (χ4v) is 2.53. The Kier molecular flexibility index (Phi) is 4.32. The lowest BCUT2D eigenvalue weighted by Gasteiger charge is -2.26. The van der Waals surface area contributed by atoms with Crippen molar-refractivity contribution in [3.8, 4) is 0 Å². The number of nitrogens with one attached hydrogen (secondary N) is 2. The summed E-state index contributed by atoms with van der Waals surface area (Å²) >= 11 is 0. The molecule has 0 aliphatic carbocycles. The number of hydrogen-bond donors (Lipinski definition) is 2. The number of hydrogen-bond acceptors (Lipinski definition) is 3. The first kappa shape index (κ1) is 14.4. The Labute approximate surface area is 119 Å². The fourth-order valence-electron chi connectivity index (χ4n) is 2.53. The molecule has 2 aromatic rings. The van der Waals surface area contributed by atoms with Gasteiger partial charge in [0.15, 0.2) is 5.78 Å². The van der Waals surface area contributed by atoms with Gasteiger partial charge in [-0.25, -0.2) is 0 Å². The Morgan fingerprint density at radius 3 is 3.00 bits per heavy atom. The minimum atomic E-state index is -0.477. The van der Waals surface area contributed by atoms with E-state index in [0.717, 1.165) is 30.2 Å². The second kappa shape index (κ2) is 5.99. The lowest BCUT2D eigenvalue weighted by atomic mass is 9.75. The van der Waals surface area contributed by atoms with Gasteiger partial charge in [-0.2, -0.15) is 5.10 Å². The van der Waals surface area contributed by atoms with Gasteiger partial charge in [-0.05, 0) is 37.3 Å². The summed E-state index contributed by atoms with van der Waals surface area (Å²) in [6.07, 6.45) is 6.46. The van der Waals surface area contributed by atoms with Crippen LogP contribution in [0.5, 0.6) is 0 Å². The largest absolute Gasteiger partial charge is 0.313 e. The van der Waals surface area contributed by atoms with E-state index in [1.165, 1.54) is 6.21 Å². The molecule has 4 heteroatoms. The molecule has 0 unspecified atom stereocenters. The highest BCUT2D eigenvalue weighted by molar-refractivity contribution is 6.03. The standard InChI is InChI=1S/C16H21N3O/c1-3-4-7-16(2,8-9-17)15(20)12-5-6-14-13(10-12)11-18-19-14/h5-6,9-11,17H,3-4,7-8H2,1-2H3,(H,18,19)/t16-/m0/s1. The topological polar surface area (TPSA) is 69.6 Å². The van der Waals surface area contributed by atoms with E-state index in [4.69, 9.17) is 5.41 Å².